The Labute approximate surface area is 135 Å². The van der Waals surface area contributed by atoms with E-state index < -0.39 is 0 Å². The van der Waals surface area contributed by atoms with Crippen LogP contribution in [0.15, 0.2) is 11.4 Å². The molecule has 0 aliphatic rings. The molecule has 2 nitrogen and oxygen atoms in total. The minimum absolute atomic E-state index is 0.168. The lowest BCUT2D eigenvalue weighted by atomic mass is 10.0. The van der Waals surface area contributed by atoms with Gasteiger partial charge >= 0.3 is 0 Å². The summed E-state index contributed by atoms with van der Waals surface area (Å²) in [6.45, 7) is 15.9. The van der Waals surface area contributed by atoms with Gasteiger partial charge in [0.2, 0.25) is 0 Å². The fraction of sp³-hybridized carbons (Fsp3) is 0.778. The summed E-state index contributed by atoms with van der Waals surface area (Å²) in [7, 11) is 0. The number of thiophene rings is 1. The van der Waals surface area contributed by atoms with Crippen LogP contribution >= 0.6 is 11.3 Å². The topological polar surface area (TPSA) is 29.3 Å². The van der Waals surface area contributed by atoms with Crippen LogP contribution in [0.5, 0.6) is 0 Å². The second-order valence-electron chi connectivity index (χ2n) is 7.17. The number of hydrogen-bond acceptors (Lipinski definition) is 3. The van der Waals surface area contributed by atoms with E-state index in [1.807, 2.05) is 11.3 Å². The molecule has 2 unspecified atom stereocenters. The van der Waals surface area contributed by atoms with E-state index in [0.29, 0.717) is 6.04 Å². The Morgan fingerprint density at radius 2 is 1.57 bits per heavy atom. The Morgan fingerprint density at radius 3 is 1.90 bits per heavy atom. The molecule has 0 aliphatic carbocycles. The number of rotatable bonds is 9. The van der Waals surface area contributed by atoms with E-state index >= 15 is 0 Å². The van der Waals surface area contributed by atoms with Gasteiger partial charge in [0.25, 0.3) is 0 Å². The first-order chi connectivity index (χ1) is 9.82. The van der Waals surface area contributed by atoms with Gasteiger partial charge in [-0.3, -0.25) is 4.90 Å². The van der Waals surface area contributed by atoms with Gasteiger partial charge in [-0.2, -0.15) is 0 Å². The molecule has 0 radical (unpaired) electrons. The Balaban J connectivity index is 2.91. The summed E-state index contributed by atoms with van der Waals surface area (Å²) in [6.07, 6.45) is 2.48. The van der Waals surface area contributed by atoms with Crippen molar-refractivity contribution in [2.24, 2.45) is 17.6 Å². The zero-order valence-corrected chi connectivity index (χ0v) is 15.5. The summed E-state index contributed by atoms with van der Waals surface area (Å²) < 4.78 is 0. The van der Waals surface area contributed by atoms with Gasteiger partial charge in [0.05, 0.1) is 6.04 Å². The summed E-state index contributed by atoms with van der Waals surface area (Å²) in [5, 5.41) is 2.20. The van der Waals surface area contributed by atoms with Gasteiger partial charge in [-0.1, -0.05) is 27.7 Å². The summed E-state index contributed by atoms with van der Waals surface area (Å²) in [6, 6.07) is 2.75. The molecule has 0 saturated heterocycles. The van der Waals surface area contributed by atoms with Crippen molar-refractivity contribution < 1.29 is 0 Å². The summed E-state index contributed by atoms with van der Waals surface area (Å²) >= 11 is 1.86. The number of nitrogens with two attached hydrogens (primary N) is 1. The van der Waals surface area contributed by atoms with Crippen LogP contribution in [0.1, 0.15) is 63.9 Å². The molecule has 0 fully saturated rings. The van der Waals surface area contributed by atoms with Gasteiger partial charge < -0.3 is 5.73 Å². The highest BCUT2D eigenvalue weighted by Gasteiger charge is 2.26. The molecule has 0 spiro atoms. The van der Waals surface area contributed by atoms with Crippen molar-refractivity contribution in [3.05, 3.63) is 21.9 Å². The average Bonchev–Trinajstić information content (AvgIpc) is 2.78. The molecular formula is C18H34N2S. The highest BCUT2D eigenvalue weighted by atomic mass is 32.1. The smallest absolute Gasteiger partial charge is 0.0593 e. The van der Waals surface area contributed by atoms with Crippen molar-refractivity contribution in [3.63, 3.8) is 0 Å². The van der Waals surface area contributed by atoms with Crippen molar-refractivity contribution in [2.45, 2.75) is 66.5 Å². The second-order valence-corrected chi connectivity index (χ2v) is 8.12. The van der Waals surface area contributed by atoms with Crippen LogP contribution in [0.3, 0.4) is 0 Å². The van der Waals surface area contributed by atoms with Crippen LogP contribution in [0.4, 0.5) is 0 Å². The molecule has 0 bridgehead atoms. The minimum atomic E-state index is 0.168. The lowest BCUT2D eigenvalue weighted by Crippen LogP contribution is -2.41. The number of nitrogens with zero attached hydrogens (tertiary/aromatic N) is 1. The molecule has 1 aromatic heterocycles. The molecule has 0 amide bonds. The van der Waals surface area contributed by atoms with Crippen LogP contribution in [-0.2, 0) is 0 Å². The maximum Gasteiger partial charge on any atom is 0.0593 e. The van der Waals surface area contributed by atoms with Crippen molar-refractivity contribution in [2.75, 3.05) is 13.1 Å². The van der Waals surface area contributed by atoms with E-state index in [-0.39, 0.29) is 6.04 Å². The van der Waals surface area contributed by atoms with E-state index in [2.05, 4.69) is 57.9 Å². The van der Waals surface area contributed by atoms with Crippen molar-refractivity contribution in [3.8, 4) is 0 Å². The first-order valence-electron chi connectivity index (χ1n) is 8.36. The molecule has 21 heavy (non-hydrogen) atoms. The van der Waals surface area contributed by atoms with Crippen LogP contribution in [-0.4, -0.2) is 24.0 Å². The van der Waals surface area contributed by atoms with Crippen LogP contribution < -0.4 is 5.73 Å². The van der Waals surface area contributed by atoms with E-state index in [1.165, 1.54) is 23.3 Å². The van der Waals surface area contributed by atoms with E-state index in [4.69, 9.17) is 5.73 Å². The molecule has 2 atom stereocenters. The highest BCUT2D eigenvalue weighted by molar-refractivity contribution is 7.10. The lowest BCUT2D eigenvalue weighted by Gasteiger charge is -2.35. The van der Waals surface area contributed by atoms with E-state index in [0.717, 1.165) is 24.9 Å². The number of hydrogen-bond donors (Lipinski definition) is 1. The molecule has 0 aliphatic heterocycles. The molecule has 3 heteroatoms. The highest BCUT2D eigenvalue weighted by Crippen LogP contribution is 2.31. The fourth-order valence-corrected chi connectivity index (χ4v) is 3.84. The van der Waals surface area contributed by atoms with Crippen molar-refractivity contribution in [1.82, 2.24) is 4.90 Å². The molecule has 0 aromatic carbocycles. The quantitative estimate of drug-likeness (QED) is 0.707. The first kappa shape index (κ1) is 18.7. The minimum Gasteiger partial charge on any atom is -0.326 e. The lowest BCUT2D eigenvalue weighted by molar-refractivity contribution is 0.161. The molecular weight excluding hydrogens is 276 g/mol. The van der Waals surface area contributed by atoms with Gasteiger partial charge in [-0.05, 0) is 68.6 Å². The first-order valence-corrected chi connectivity index (χ1v) is 9.24. The molecule has 0 saturated carbocycles. The predicted octanol–water partition coefficient (Wildman–Crippen LogP) is 4.84. The monoisotopic (exact) mass is 310 g/mol. The third-order valence-electron chi connectivity index (χ3n) is 4.05. The van der Waals surface area contributed by atoms with Crippen molar-refractivity contribution >= 4 is 11.3 Å². The Bertz CT molecular complexity index is 384. The standard InChI is InChI=1S/C18H34N2S/c1-13(2)7-10-20(11-8-14(3)4)17(16(6)19)18-15(5)9-12-21-18/h9,12-14,16-17H,7-8,10-11,19H2,1-6H3. The van der Waals surface area contributed by atoms with Gasteiger partial charge in [-0.15, -0.1) is 11.3 Å². The Morgan fingerprint density at radius 1 is 1.05 bits per heavy atom. The van der Waals surface area contributed by atoms with Crippen LogP contribution in [0, 0.1) is 18.8 Å². The van der Waals surface area contributed by atoms with Gasteiger partial charge in [0, 0.05) is 10.9 Å². The normalized spacial score (nSPS) is 15.1. The van der Waals surface area contributed by atoms with Crippen LogP contribution in [0.2, 0.25) is 0 Å². The van der Waals surface area contributed by atoms with E-state index in [1.54, 1.807) is 0 Å². The SMILES string of the molecule is Cc1ccsc1C(C(C)N)N(CCC(C)C)CCC(C)C. The predicted molar refractivity (Wildman–Crippen MR) is 95.9 cm³/mol. The average molecular weight is 311 g/mol. The Kier molecular flexibility index (Phi) is 7.93. The second kappa shape index (κ2) is 8.92. The third kappa shape index (κ3) is 6.09. The molecule has 1 heterocycles. The molecule has 122 valence electrons. The fourth-order valence-electron chi connectivity index (χ4n) is 2.66. The molecule has 2 N–H and O–H groups in total. The van der Waals surface area contributed by atoms with Gasteiger partial charge in [0.1, 0.15) is 0 Å². The Hall–Kier alpha value is -0.380. The third-order valence-corrected chi connectivity index (χ3v) is 5.14. The number of aryl methyl sites for hydroxylation is 1. The summed E-state index contributed by atoms with van der Waals surface area (Å²) in [5.74, 6) is 1.48. The molecule has 1 rings (SSSR count). The molecule has 1 aromatic rings. The summed E-state index contributed by atoms with van der Waals surface area (Å²) in [4.78, 5) is 4.08. The zero-order valence-electron chi connectivity index (χ0n) is 14.7. The van der Waals surface area contributed by atoms with E-state index in [9.17, 15) is 0 Å². The zero-order chi connectivity index (χ0) is 16.0. The van der Waals surface area contributed by atoms with Gasteiger partial charge in [0.15, 0.2) is 0 Å². The largest absolute Gasteiger partial charge is 0.326 e. The summed E-state index contributed by atoms with van der Waals surface area (Å²) in [5.41, 5.74) is 7.77. The van der Waals surface area contributed by atoms with Crippen molar-refractivity contribution in [1.29, 1.82) is 0 Å². The van der Waals surface area contributed by atoms with Crippen LogP contribution in [0.25, 0.3) is 0 Å². The maximum absolute atomic E-state index is 6.38. The maximum atomic E-state index is 6.38. The van der Waals surface area contributed by atoms with Gasteiger partial charge in [-0.25, -0.2) is 0 Å².